The molecule has 1 aromatic rings. The van der Waals surface area contributed by atoms with Gasteiger partial charge in [-0.15, -0.1) is 0 Å². The number of piperidine rings is 1. The summed E-state index contributed by atoms with van der Waals surface area (Å²) >= 11 is 0. The summed E-state index contributed by atoms with van der Waals surface area (Å²) in [5.74, 6) is -0.440. The van der Waals surface area contributed by atoms with Crippen LogP contribution in [0.3, 0.4) is 0 Å². The van der Waals surface area contributed by atoms with Crippen LogP contribution in [0.2, 0.25) is 0 Å². The molecule has 1 aliphatic heterocycles. The molecule has 1 saturated heterocycles. The van der Waals surface area contributed by atoms with Gasteiger partial charge in [0.15, 0.2) is 0 Å². The van der Waals surface area contributed by atoms with Crippen LogP contribution >= 0.6 is 0 Å². The first-order valence-corrected chi connectivity index (χ1v) is 10.2. The number of amides is 1. The molecule has 0 unspecified atom stereocenters. The fourth-order valence-electron chi connectivity index (χ4n) is 2.77. The summed E-state index contributed by atoms with van der Waals surface area (Å²) in [5, 5.41) is 4.17. The van der Waals surface area contributed by atoms with Gasteiger partial charge in [-0.05, 0) is 31.0 Å². The Labute approximate surface area is 149 Å². The molecule has 7 nitrogen and oxygen atoms in total. The Morgan fingerprint density at radius 1 is 1.28 bits per heavy atom. The van der Waals surface area contributed by atoms with Crippen molar-refractivity contribution in [3.05, 3.63) is 29.3 Å². The van der Waals surface area contributed by atoms with Crippen LogP contribution in [0.1, 0.15) is 24.0 Å². The standard InChI is InChI=1S/C17H26N4O3S/c1-13-6-5-7-16(14(13)2)21(25(4,23)24)12-17(22)19-18-15-8-10-20(3)11-9-15/h5-7H,8-12H2,1-4H3,(H,19,22)/p+1. The highest BCUT2D eigenvalue weighted by atomic mass is 32.2. The molecule has 0 aromatic heterocycles. The summed E-state index contributed by atoms with van der Waals surface area (Å²) in [7, 11) is -1.45. The van der Waals surface area contributed by atoms with Crippen LogP contribution in [0.15, 0.2) is 23.3 Å². The first kappa shape index (κ1) is 19.4. The predicted molar refractivity (Wildman–Crippen MR) is 99.5 cm³/mol. The second-order valence-corrected chi connectivity index (χ2v) is 8.57. The molecule has 1 aliphatic rings. The van der Waals surface area contributed by atoms with E-state index in [1.807, 2.05) is 19.9 Å². The molecular weight excluding hydrogens is 340 g/mol. The molecular formula is C17H27N4O3S+. The molecule has 0 atom stereocenters. The van der Waals surface area contributed by atoms with Gasteiger partial charge in [0.2, 0.25) is 10.0 Å². The number of carbonyl (C=O) groups excluding carboxylic acids is 1. The summed E-state index contributed by atoms with van der Waals surface area (Å²) in [6.45, 7) is 5.46. The summed E-state index contributed by atoms with van der Waals surface area (Å²) in [6, 6.07) is 5.41. The molecule has 0 spiro atoms. The monoisotopic (exact) mass is 367 g/mol. The van der Waals surface area contributed by atoms with Gasteiger partial charge in [-0.3, -0.25) is 9.10 Å². The third-order valence-corrected chi connectivity index (χ3v) is 5.68. The van der Waals surface area contributed by atoms with Gasteiger partial charge in [0.05, 0.1) is 32.1 Å². The zero-order valence-electron chi connectivity index (χ0n) is 15.3. The maximum Gasteiger partial charge on any atom is 0.260 e. The SMILES string of the molecule is Cc1cccc(N(CC(=O)NN=C2CC[NH+](C)CC2)S(C)(=O)=O)c1C. The van der Waals surface area contributed by atoms with Crippen molar-refractivity contribution in [2.24, 2.45) is 5.10 Å². The minimum atomic E-state index is -3.58. The van der Waals surface area contributed by atoms with Crippen molar-refractivity contribution >= 4 is 27.3 Å². The maximum atomic E-state index is 12.2. The largest absolute Gasteiger partial charge is 0.337 e. The zero-order valence-corrected chi connectivity index (χ0v) is 16.1. The Morgan fingerprint density at radius 3 is 2.52 bits per heavy atom. The highest BCUT2D eigenvalue weighted by Gasteiger charge is 2.23. The van der Waals surface area contributed by atoms with Crippen molar-refractivity contribution in [3.63, 3.8) is 0 Å². The highest BCUT2D eigenvalue weighted by molar-refractivity contribution is 7.92. The number of likely N-dealkylation sites (tertiary alicyclic amines) is 1. The van der Waals surface area contributed by atoms with Crippen molar-refractivity contribution in [2.75, 3.05) is 37.2 Å². The fraction of sp³-hybridized carbons (Fsp3) is 0.529. The lowest BCUT2D eigenvalue weighted by atomic mass is 10.1. The van der Waals surface area contributed by atoms with Gasteiger partial charge >= 0.3 is 0 Å². The third-order valence-electron chi connectivity index (χ3n) is 4.55. The van der Waals surface area contributed by atoms with Crippen molar-refractivity contribution in [1.29, 1.82) is 0 Å². The van der Waals surface area contributed by atoms with E-state index in [1.165, 1.54) is 4.90 Å². The second kappa shape index (κ2) is 7.97. The minimum absolute atomic E-state index is 0.287. The van der Waals surface area contributed by atoms with Crippen LogP contribution in [0.4, 0.5) is 5.69 Å². The number of rotatable bonds is 5. The normalized spacial score (nSPS) is 17.9. The molecule has 0 radical (unpaired) electrons. The lowest BCUT2D eigenvalue weighted by Crippen LogP contribution is -3.10. The van der Waals surface area contributed by atoms with Gasteiger partial charge in [0, 0.05) is 18.6 Å². The average Bonchev–Trinajstić information content (AvgIpc) is 2.54. The molecule has 1 amide bonds. The average molecular weight is 367 g/mol. The predicted octanol–water partition coefficient (Wildman–Crippen LogP) is -0.150. The summed E-state index contributed by atoms with van der Waals surface area (Å²) < 4.78 is 25.5. The van der Waals surface area contributed by atoms with E-state index < -0.39 is 15.9 Å². The van der Waals surface area contributed by atoms with E-state index in [9.17, 15) is 13.2 Å². The molecule has 1 aromatic carbocycles. The topological polar surface area (TPSA) is 83.3 Å². The molecule has 1 fully saturated rings. The number of hydrogen-bond donors (Lipinski definition) is 2. The molecule has 0 saturated carbocycles. The third kappa shape index (κ3) is 5.27. The number of hydrogen-bond acceptors (Lipinski definition) is 4. The Bertz CT molecular complexity index is 764. The van der Waals surface area contributed by atoms with E-state index in [4.69, 9.17) is 0 Å². The van der Waals surface area contributed by atoms with E-state index in [2.05, 4.69) is 17.6 Å². The molecule has 0 aliphatic carbocycles. The van der Waals surface area contributed by atoms with Crippen LogP contribution in [0, 0.1) is 13.8 Å². The molecule has 2 N–H and O–H groups in total. The number of aryl methyl sites for hydroxylation is 1. The Balaban J connectivity index is 2.11. The molecule has 8 heteroatoms. The number of sulfonamides is 1. The number of anilines is 1. The second-order valence-electron chi connectivity index (χ2n) is 6.66. The lowest BCUT2D eigenvalue weighted by Gasteiger charge is -2.24. The number of quaternary nitrogens is 1. The van der Waals surface area contributed by atoms with Crippen molar-refractivity contribution in [2.45, 2.75) is 26.7 Å². The minimum Gasteiger partial charge on any atom is -0.337 e. The number of benzene rings is 1. The number of nitrogens with one attached hydrogen (secondary N) is 2. The van der Waals surface area contributed by atoms with Gasteiger partial charge in [0.25, 0.3) is 5.91 Å². The Kier molecular flexibility index (Phi) is 6.18. The summed E-state index contributed by atoms with van der Waals surface area (Å²) in [4.78, 5) is 13.7. The van der Waals surface area contributed by atoms with Crippen molar-refractivity contribution in [1.82, 2.24) is 5.43 Å². The number of hydrazone groups is 1. The molecule has 25 heavy (non-hydrogen) atoms. The number of nitrogens with zero attached hydrogens (tertiary/aromatic N) is 2. The Morgan fingerprint density at radius 2 is 1.92 bits per heavy atom. The first-order valence-electron chi connectivity index (χ1n) is 8.38. The molecule has 1 heterocycles. The fourth-order valence-corrected chi connectivity index (χ4v) is 3.68. The zero-order chi connectivity index (χ0) is 18.6. The van der Waals surface area contributed by atoms with E-state index in [1.54, 1.807) is 12.1 Å². The van der Waals surface area contributed by atoms with Gasteiger partial charge in [-0.2, -0.15) is 5.10 Å². The van der Waals surface area contributed by atoms with Gasteiger partial charge in [-0.25, -0.2) is 13.8 Å². The maximum absolute atomic E-state index is 12.2. The molecule has 0 bridgehead atoms. The van der Waals surface area contributed by atoms with Gasteiger partial charge in [0.1, 0.15) is 6.54 Å². The van der Waals surface area contributed by atoms with E-state index >= 15 is 0 Å². The lowest BCUT2D eigenvalue weighted by molar-refractivity contribution is -0.880. The van der Waals surface area contributed by atoms with Crippen LogP contribution in [0.5, 0.6) is 0 Å². The quantitative estimate of drug-likeness (QED) is 0.710. The highest BCUT2D eigenvalue weighted by Crippen LogP contribution is 2.24. The van der Waals surface area contributed by atoms with Crippen LogP contribution in [0.25, 0.3) is 0 Å². The molecule has 138 valence electrons. The van der Waals surface area contributed by atoms with E-state index in [-0.39, 0.29) is 6.54 Å². The van der Waals surface area contributed by atoms with Crippen LogP contribution in [-0.4, -0.2) is 53.0 Å². The van der Waals surface area contributed by atoms with Gasteiger partial charge in [-0.1, -0.05) is 12.1 Å². The smallest absolute Gasteiger partial charge is 0.260 e. The first-order chi connectivity index (χ1) is 11.7. The van der Waals surface area contributed by atoms with Gasteiger partial charge < -0.3 is 4.90 Å². The summed E-state index contributed by atoms with van der Waals surface area (Å²) in [6.07, 6.45) is 2.80. The van der Waals surface area contributed by atoms with Crippen molar-refractivity contribution < 1.29 is 18.1 Å². The Hall–Kier alpha value is -1.93. The van der Waals surface area contributed by atoms with E-state index in [0.29, 0.717) is 5.69 Å². The van der Waals surface area contributed by atoms with Crippen LogP contribution in [-0.2, 0) is 14.8 Å². The van der Waals surface area contributed by atoms with Crippen molar-refractivity contribution in [3.8, 4) is 0 Å². The molecule has 2 rings (SSSR count). The number of carbonyl (C=O) groups is 1. The van der Waals surface area contributed by atoms with Crippen LogP contribution < -0.4 is 14.6 Å². The summed E-state index contributed by atoms with van der Waals surface area (Å²) in [5.41, 5.74) is 5.79. The van der Waals surface area contributed by atoms with E-state index in [0.717, 1.165) is 53.3 Å².